The average Bonchev–Trinajstić information content (AvgIpc) is 2.35. The van der Waals surface area contributed by atoms with Crippen LogP contribution in [-0.4, -0.2) is 25.0 Å². The molecule has 4 heteroatoms. The van der Waals surface area contributed by atoms with Gasteiger partial charge in [-0.1, -0.05) is 12.1 Å². The summed E-state index contributed by atoms with van der Waals surface area (Å²) in [7, 11) is 1.31. The maximum atomic E-state index is 12.0. The molecule has 0 heterocycles. The summed E-state index contributed by atoms with van der Waals surface area (Å²) in [6.45, 7) is 3.80. The highest BCUT2D eigenvalue weighted by molar-refractivity contribution is 5.99. The molecule has 0 aliphatic carbocycles. The first-order valence-corrected chi connectivity index (χ1v) is 5.90. The van der Waals surface area contributed by atoms with Crippen molar-refractivity contribution in [3.63, 3.8) is 0 Å². The second kappa shape index (κ2) is 6.79. The Morgan fingerprint density at radius 1 is 1.17 bits per heavy atom. The van der Waals surface area contributed by atoms with E-state index in [1.54, 1.807) is 18.2 Å². The van der Waals surface area contributed by atoms with Crippen molar-refractivity contribution in [3.8, 4) is 5.75 Å². The van der Waals surface area contributed by atoms with Gasteiger partial charge >= 0.3 is 5.97 Å². The summed E-state index contributed by atoms with van der Waals surface area (Å²) in [4.78, 5) is 23.0. The molecule has 0 bridgehead atoms. The van der Waals surface area contributed by atoms with Crippen molar-refractivity contribution < 1.29 is 19.1 Å². The molecule has 0 aromatic heterocycles. The van der Waals surface area contributed by atoms with Gasteiger partial charge in [-0.3, -0.25) is 9.59 Å². The lowest BCUT2D eigenvalue weighted by atomic mass is 10.1. The third kappa shape index (κ3) is 4.20. The van der Waals surface area contributed by atoms with Gasteiger partial charge in [0, 0.05) is 6.42 Å². The van der Waals surface area contributed by atoms with Crippen molar-refractivity contribution >= 4 is 11.8 Å². The Morgan fingerprint density at radius 2 is 1.83 bits per heavy atom. The van der Waals surface area contributed by atoms with Crippen molar-refractivity contribution in [2.45, 2.75) is 32.8 Å². The SMILES string of the molecule is COC(=O)CCC(=O)c1ccccc1OC(C)C. The summed E-state index contributed by atoms with van der Waals surface area (Å²) in [5, 5.41) is 0. The molecule has 1 aromatic rings. The van der Waals surface area contributed by atoms with Crippen LogP contribution in [0.2, 0.25) is 0 Å². The number of benzene rings is 1. The topological polar surface area (TPSA) is 52.6 Å². The van der Waals surface area contributed by atoms with Gasteiger partial charge in [0.1, 0.15) is 5.75 Å². The Labute approximate surface area is 107 Å². The molecule has 0 fully saturated rings. The van der Waals surface area contributed by atoms with Gasteiger partial charge in [0.05, 0.1) is 25.2 Å². The van der Waals surface area contributed by atoms with Gasteiger partial charge in [0.15, 0.2) is 5.78 Å². The second-order valence-corrected chi connectivity index (χ2v) is 4.16. The van der Waals surface area contributed by atoms with E-state index in [1.165, 1.54) is 7.11 Å². The summed E-state index contributed by atoms with van der Waals surface area (Å²) in [6.07, 6.45) is 0.218. The summed E-state index contributed by atoms with van der Waals surface area (Å²) in [5.74, 6) is 0.0598. The number of hydrogen-bond acceptors (Lipinski definition) is 4. The second-order valence-electron chi connectivity index (χ2n) is 4.16. The molecular formula is C14H18O4. The van der Waals surface area contributed by atoms with E-state index in [9.17, 15) is 9.59 Å². The third-order valence-corrected chi connectivity index (χ3v) is 2.33. The van der Waals surface area contributed by atoms with Crippen molar-refractivity contribution in [1.29, 1.82) is 0 Å². The van der Waals surface area contributed by atoms with Crippen LogP contribution in [0.3, 0.4) is 0 Å². The number of ether oxygens (including phenoxy) is 2. The van der Waals surface area contributed by atoms with Crippen LogP contribution in [0.25, 0.3) is 0 Å². The highest BCUT2D eigenvalue weighted by atomic mass is 16.5. The molecular weight excluding hydrogens is 232 g/mol. The third-order valence-electron chi connectivity index (χ3n) is 2.33. The molecule has 98 valence electrons. The van der Waals surface area contributed by atoms with E-state index < -0.39 is 0 Å². The number of ketones is 1. The van der Waals surface area contributed by atoms with E-state index >= 15 is 0 Å². The molecule has 0 N–H and O–H groups in total. The van der Waals surface area contributed by atoms with Crippen LogP contribution in [0.15, 0.2) is 24.3 Å². The number of methoxy groups -OCH3 is 1. The zero-order chi connectivity index (χ0) is 13.5. The summed E-state index contributed by atoms with van der Waals surface area (Å²) < 4.78 is 10.1. The number of carbonyl (C=O) groups is 2. The zero-order valence-corrected chi connectivity index (χ0v) is 10.9. The largest absolute Gasteiger partial charge is 0.490 e. The number of para-hydroxylation sites is 1. The summed E-state index contributed by atoms with van der Waals surface area (Å²) >= 11 is 0. The smallest absolute Gasteiger partial charge is 0.305 e. The Hall–Kier alpha value is -1.84. The minimum Gasteiger partial charge on any atom is -0.490 e. The van der Waals surface area contributed by atoms with E-state index in [-0.39, 0.29) is 30.7 Å². The maximum absolute atomic E-state index is 12.0. The van der Waals surface area contributed by atoms with E-state index in [2.05, 4.69) is 4.74 Å². The van der Waals surface area contributed by atoms with Gasteiger partial charge in [0.25, 0.3) is 0 Å². The van der Waals surface area contributed by atoms with Gasteiger partial charge in [-0.15, -0.1) is 0 Å². The molecule has 4 nitrogen and oxygen atoms in total. The van der Waals surface area contributed by atoms with Crippen molar-refractivity contribution in [2.24, 2.45) is 0 Å². The van der Waals surface area contributed by atoms with Gasteiger partial charge in [-0.25, -0.2) is 0 Å². The number of Topliss-reactive ketones (excluding diaryl/α,β-unsaturated/α-hetero) is 1. The molecule has 0 radical (unpaired) electrons. The molecule has 18 heavy (non-hydrogen) atoms. The number of carbonyl (C=O) groups excluding carboxylic acids is 2. The number of esters is 1. The first-order chi connectivity index (χ1) is 8.54. The summed E-state index contributed by atoms with van der Waals surface area (Å²) in [5.41, 5.74) is 0.509. The lowest BCUT2D eigenvalue weighted by molar-refractivity contribution is -0.140. The first kappa shape index (κ1) is 14.2. The van der Waals surface area contributed by atoms with Crippen LogP contribution in [-0.2, 0) is 9.53 Å². The molecule has 0 saturated carbocycles. The molecule has 0 amide bonds. The Balaban J connectivity index is 2.75. The Kier molecular flexibility index (Phi) is 5.36. The lowest BCUT2D eigenvalue weighted by Gasteiger charge is -2.13. The normalized spacial score (nSPS) is 10.2. The predicted octanol–water partition coefficient (Wildman–Crippen LogP) is 2.61. The van der Waals surface area contributed by atoms with Crippen LogP contribution >= 0.6 is 0 Å². The van der Waals surface area contributed by atoms with Crippen molar-refractivity contribution in [2.75, 3.05) is 7.11 Å². The van der Waals surface area contributed by atoms with Crippen LogP contribution in [0.4, 0.5) is 0 Å². The zero-order valence-electron chi connectivity index (χ0n) is 10.9. The van der Waals surface area contributed by atoms with Gasteiger partial charge in [-0.2, -0.15) is 0 Å². The van der Waals surface area contributed by atoms with Crippen LogP contribution in [0.1, 0.15) is 37.0 Å². The monoisotopic (exact) mass is 250 g/mol. The fourth-order valence-corrected chi connectivity index (χ4v) is 1.51. The minimum absolute atomic E-state index is 0.000410. The fourth-order valence-electron chi connectivity index (χ4n) is 1.51. The predicted molar refractivity (Wildman–Crippen MR) is 67.8 cm³/mol. The van der Waals surface area contributed by atoms with Crippen LogP contribution in [0.5, 0.6) is 5.75 Å². The Morgan fingerprint density at radius 3 is 2.44 bits per heavy atom. The minimum atomic E-state index is -0.384. The Bertz CT molecular complexity index is 424. The molecule has 0 aliphatic heterocycles. The molecule has 0 atom stereocenters. The van der Waals surface area contributed by atoms with Gasteiger partial charge in [0.2, 0.25) is 0 Å². The van der Waals surface area contributed by atoms with E-state index in [0.717, 1.165) is 0 Å². The average molecular weight is 250 g/mol. The quantitative estimate of drug-likeness (QED) is 0.575. The fraction of sp³-hybridized carbons (Fsp3) is 0.429. The maximum Gasteiger partial charge on any atom is 0.305 e. The van der Waals surface area contributed by atoms with Crippen LogP contribution in [0, 0.1) is 0 Å². The van der Waals surface area contributed by atoms with Gasteiger partial charge < -0.3 is 9.47 Å². The van der Waals surface area contributed by atoms with Crippen molar-refractivity contribution in [3.05, 3.63) is 29.8 Å². The molecule has 0 unspecified atom stereocenters. The van der Waals surface area contributed by atoms with E-state index in [0.29, 0.717) is 11.3 Å². The highest BCUT2D eigenvalue weighted by Gasteiger charge is 2.14. The van der Waals surface area contributed by atoms with E-state index in [1.807, 2.05) is 19.9 Å². The molecule has 0 spiro atoms. The van der Waals surface area contributed by atoms with Gasteiger partial charge in [-0.05, 0) is 26.0 Å². The van der Waals surface area contributed by atoms with Crippen molar-refractivity contribution in [1.82, 2.24) is 0 Å². The van der Waals surface area contributed by atoms with E-state index in [4.69, 9.17) is 4.74 Å². The standard InChI is InChI=1S/C14H18O4/c1-10(2)18-13-7-5-4-6-11(13)12(15)8-9-14(16)17-3/h4-7,10H,8-9H2,1-3H3. The lowest BCUT2D eigenvalue weighted by Crippen LogP contribution is -2.11. The van der Waals surface area contributed by atoms with Crippen LogP contribution < -0.4 is 4.74 Å². The number of rotatable bonds is 6. The molecule has 1 rings (SSSR count). The molecule has 1 aromatic carbocycles. The first-order valence-electron chi connectivity index (χ1n) is 5.90. The number of hydrogen-bond donors (Lipinski definition) is 0. The summed E-state index contributed by atoms with van der Waals surface area (Å²) in [6, 6.07) is 7.05. The highest BCUT2D eigenvalue weighted by Crippen LogP contribution is 2.21. The molecule has 0 saturated heterocycles. The molecule has 0 aliphatic rings.